The van der Waals surface area contributed by atoms with Crippen molar-refractivity contribution in [3.63, 3.8) is 0 Å². The minimum atomic E-state index is -0.888. The van der Waals surface area contributed by atoms with Crippen LogP contribution < -0.4 is 33.0 Å². The molecule has 0 atom stereocenters. The van der Waals surface area contributed by atoms with E-state index >= 15 is 0 Å². The lowest BCUT2D eigenvalue weighted by Crippen LogP contribution is -2.20. The smallest absolute Gasteiger partial charge is 0.347 e. The van der Waals surface area contributed by atoms with Crippen molar-refractivity contribution >= 4 is 71.6 Å². The van der Waals surface area contributed by atoms with Gasteiger partial charge in [0, 0.05) is 39.6 Å². The van der Waals surface area contributed by atoms with Crippen molar-refractivity contribution < 1.29 is 87.5 Å². The van der Waals surface area contributed by atoms with E-state index in [0.29, 0.717) is 66.0 Å². The second-order valence-corrected chi connectivity index (χ2v) is 22.4. The fourth-order valence-electron chi connectivity index (χ4n) is 10.6. The van der Waals surface area contributed by atoms with E-state index in [1.165, 1.54) is 48.5 Å². The number of aromatic hydroxyl groups is 11. The number of para-hydroxylation sites is 6. The van der Waals surface area contributed by atoms with Gasteiger partial charge in [-0.2, -0.15) is 0 Å². The summed E-state index contributed by atoms with van der Waals surface area (Å²) in [6, 6.07) is 60.9. The molecule has 510 valence electrons. The fourth-order valence-corrected chi connectivity index (χ4v) is 10.6. The first-order valence-electron chi connectivity index (χ1n) is 30.5. The van der Waals surface area contributed by atoms with E-state index in [4.69, 9.17) is 26.5 Å². The predicted octanol–water partition coefficient (Wildman–Crippen LogP) is 13.7. The van der Waals surface area contributed by atoms with Gasteiger partial charge in [0.05, 0.1) is 21.7 Å². The number of carbonyl (C=O) groups is 1. The van der Waals surface area contributed by atoms with Crippen molar-refractivity contribution in [2.75, 3.05) is 0 Å². The van der Waals surface area contributed by atoms with Gasteiger partial charge in [-0.3, -0.25) is 24.0 Å². The number of hydrogen-bond acceptors (Lipinski definition) is 24. The summed E-state index contributed by atoms with van der Waals surface area (Å²) in [6.45, 7) is 0. The molecule has 6 heterocycles. The highest BCUT2D eigenvalue weighted by atomic mass is 16.4. The first-order chi connectivity index (χ1) is 49.5. The van der Waals surface area contributed by atoms with Crippen LogP contribution in [0.2, 0.25) is 0 Å². The summed E-state index contributed by atoms with van der Waals surface area (Å²) in [6.07, 6.45) is 0. The molecule has 6 aromatic heterocycles. The number of benzene rings is 10. The second-order valence-electron chi connectivity index (χ2n) is 22.4. The second kappa shape index (κ2) is 28.6. The molecule has 0 unspecified atom stereocenters. The first kappa shape index (κ1) is 67.9. The summed E-state index contributed by atoms with van der Waals surface area (Å²) < 4.78 is 32.3. The topological polar surface area (TPSA) is 421 Å². The van der Waals surface area contributed by atoms with Gasteiger partial charge in [-0.15, -0.1) is 0 Å². The average Bonchev–Trinajstić information content (AvgIpc) is 0.795. The van der Waals surface area contributed by atoms with Crippen LogP contribution in [0.1, 0.15) is 15.9 Å². The monoisotopic (exact) mass is 1380 g/mol. The Hall–Kier alpha value is -15.1. The third kappa shape index (κ3) is 14.0. The van der Waals surface area contributed by atoms with E-state index in [1.54, 1.807) is 164 Å². The zero-order chi connectivity index (χ0) is 72.9. The standard InChI is InChI=1S/C19H10O5.C15H10O7.3C15H10O4/c20-17(13-9-11-5-1-3-7-15(11)23-18(13)21)14-10-12-6-2-4-8-16(12)24-19(14)22;16-7-4-10(19)12-11(5-7)22-15(14(21)13(12)20)6-1-2-8(17)9(18)3-6;16-11-7-3-1-5-9(11)15-14(18)13(17)10-6-2-4-8-12(10)19-15;16-10-5-3-4-9(8-10)15-14(18)13(17)11-6-1-2-7-12(11)19-15;16-10-7-5-9(6-8-10)15-14(18)13(17)11-3-1-2-4-12(11)19-15/h1-10H;1-5,16-19,21H;3*1-8,16,18H. The lowest BCUT2D eigenvalue weighted by atomic mass is 10.0. The number of fused-ring (bicyclic) bond motifs is 6. The maximum Gasteiger partial charge on any atom is 0.347 e. The molecule has 24 nitrogen and oxygen atoms in total. The summed E-state index contributed by atoms with van der Waals surface area (Å²) in [7, 11) is 0. The Balaban J connectivity index is 0.000000122. The molecule has 0 amide bonds. The number of hydrogen-bond donors (Lipinski definition) is 11. The number of carbonyl (C=O) groups excluding carboxylic acids is 1. The molecule has 0 aliphatic carbocycles. The zero-order valence-corrected chi connectivity index (χ0v) is 52.7. The van der Waals surface area contributed by atoms with E-state index in [0.717, 1.165) is 24.3 Å². The molecule has 0 bridgehead atoms. The van der Waals surface area contributed by atoms with Gasteiger partial charge in [-0.1, -0.05) is 97.1 Å². The molecule has 0 radical (unpaired) electrons. The molecule has 0 fully saturated rings. The Morgan fingerprint density at radius 2 is 0.680 bits per heavy atom. The first-order valence-corrected chi connectivity index (χ1v) is 30.5. The van der Waals surface area contributed by atoms with Crippen LogP contribution in [0, 0.1) is 0 Å². The van der Waals surface area contributed by atoms with E-state index in [9.17, 15) is 89.7 Å². The highest BCUT2D eigenvalue weighted by Gasteiger charge is 2.24. The SMILES string of the molecule is O=C(c1cc2ccccc2oc1=O)c1cc2ccccc2oc1=O.O=c1c(O)c(-c2ccc(O)c(O)c2)oc2cc(O)cc(O)c12.O=c1c(O)c(-c2ccc(O)cc2)oc2ccccc12.O=c1c(O)c(-c2cccc(O)c2)oc2ccccc12.O=c1c(O)c(-c2ccccc2O)oc2ccccc12. The Kier molecular flexibility index (Phi) is 18.8. The van der Waals surface area contributed by atoms with Gasteiger partial charge in [-0.05, 0) is 127 Å². The summed E-state index contributed by atoms with van der Waals surface area (Å²) in [5, 5.41) is 108. The van der Waals surface area contributed by atoms with Gasteiger partial charge in [0.15, 0.2) is 34.5 Å². The van der Waals surface area contributed by atoms with Gasteiger partial charge >= 0.3 is 11.3 Å². The van der Waals surface area contributed by atoms with Crippen LogP contribution >= 0.6 is 0 Å². The molecule has 16 rings (SSSR count). The normalized spacial score (nSPS) is 10.8. The molecule has 10 aromatic carbocycles. The zero-order valence-electron chi connectivity index (χ0n) is 52.7. The lowest BCUT2D eigenvalue weighted by molar-refractivity contribution is 0.103. The van der Waals surface area contributed by atoms with Crippen molar-refractivity contribution in [3.05, 3.63) is 309 Å². The van der Waals surface area contributed by atoms with Gasteiger partial charge in [0.2, 0.25) is 50.5 Å². The van der Waals surface area contributed by atoms with Gasteiger partial charge in [0.1, 0.15) is 78.8 Å². The Morgan fingerprint density at radius 1 is 0.262 bits per heavy atom. The fraction of sp³-hybridized carbons (Fsp3) is 0. The minimum Gasteiger partial charge on any atom is -0.508 e. The van der Waals surface area contributed by atoms with Crippen LogP contribution in [-0.2, 0) is 0 Å². The van der Waals surface area contributed by atoms with Crippen LogP contribution in [0.4, 0.5) is 0 Å². The number of ketones is 1. The minimum absolute atomic E-state index is 0.0261. The Bertz CT molecular complexity index is 6300. The Morgan fingerprint density at radius 3 is 1.18 bits per heavy atom. The molecule has 11 N–H and O–H groups in total. The highest BCUT2D eigenvalue weighted by Crippen LogP contribution is 2.40. The molecular weight excluding hydrogens is 1330 g/mol. The average molecular weight is 1380 g/mol. The lowest BCUT2D eigenvalue weighted by Gasteiger charge is -2.08. The van der Waals surface area contributed by atoms with Crippen LogP contribution in [0.15, 0.2) is 292 Å². The van der Waals surface area contributed by atoms with Crippen molar-refractivity contribution in [2.24, 2.45) is 0 Å². The molecule has 0 saturated carbocycles. The molecular formula is C79H50O24. The van der Waals surface area contributed by atoms with Gasteiger partial charge in [0.25, 0.3) is 0 Å². The van der Waals surface area contributed by atoms with E-state index in [-0.39, 0.29) is 85.0 Å². The van der Waals surface area contributed by atoms with Crippen molar-refractivity contribution in [2.45, 2.75) is 0 Å². The maximum atomic E-state index is 12.7. The molecule has 16 aromatic rings. The van der Waals surface area contributed by atoms with Crippen LogP contribution in [-0.4, -0.2) is 62.0 Å². The Labute approximate surface area is 574 Å². The quantitative estimate of drug-likeness (QED) is 0.0418. The van der Waals surface area contributed by atoms with Crippen molar-refractivity contribution in [3.8, 4) is 109 Å². The van der Waals surface area contributed by atoms with E-state index in [2.05, 4.69) is 0 Å². The van der Waals surface area contributed by atoms with Crippen LogP contribution in [0.5, 0.6) is 63.2 Å². The molecule has 24 heteroatoms. The van der Waals surface area contributed by atoms with Crippen molar-refractivity contribution in [1.29, 1.82) is 0 Å². The number of phenols is 7. The molecule has 0 aliphatic rings. The third-order valence-electron chi connectivity index (χ3n) is 15.7. The van der Waals surface area contributed by atoms with E-state index in [1.807, 2.05) is 0 Å². The molecule has 0 saturated heterocycles. The summed E-state index contributed by atoms with van der Waals surface area (Å²) in [4.78, 5) is 85.1. The largest absolute Gasteiger partial charge is 0.508 e. The number of rotatable bonds is 6. The number of phenolic OH excluding ortho intramolecular Hbond substituents is 7. The maximum absolute atomic E-state index is 12.7. The van der Waals surface area contributed by atoms with Crippen LogP contribution in [0.3, 0.4) is 0 Å². The van der Waals surface area contributed by atoms with Gasteiger partial charge < -0.3 is 82.7 Å². The molecule has 0 aliphatic heterocycles. The molecule has 103 heavy (non-hydrogen) atoms. The predicted molar refractivity (Wildman–Crippen MR) is 378 cm³/mol. The van der Waals surface area contributed by atoms with Crippen LogP contribution in [0.25, 0.3) is 111 Å². The van der Waals surface area contributed by atoms with E-state index < -0.39 is 73.2 Å². The van der Waals surface area contributed by atoms with Gasteiger partial charge in [-0.25, -0.2) is 9.59 Å². The summed E-state index contributed by atoms with van der Waals surface area (Å²) in [5.41, 5.74) is -1.15. The summed E-state index contributed by atoms with van der Waals surface area (Å²) in [5.74, 6) is -4.60. The summed E-state index contributed by atoms with van der Waals surface area (Å²) >= 11 is 0. The highest BCUT2D eigenvalue weighted by molar-refractivity contribution is 6.10. The molecule has 0 spiro atoms. The third-order valence-corrected chi connectivity index (χ3v) is 15.7. The van der Waals surface area contributed by atoms with Crippen molar-refractivity contribution in [1.82, 2.24) is 0 Å².